The summed E-state index contributed by atoms with van der Waals surface area (Å²) in [4.78, 5) is 26.5. The molecule has 1 saturated heterocycles. The van der Waals surface area contributed by atoms with Crippen molar-refractivity contribution in [2.24, 2.45) is 0 Å². The topological polar surface area (TPSA) is 76.5 Å². The number of likely N-dealkylation sites (tertiary alicyclic amines) is 1. The van der Waals surface area contributed by atoms with Crippen molar-refractivity contribution in [1.29, 1.82) is 0 Å². The average Bonchev–Trinajstić information content (AvgIpc) is 3.14. The molecule has 3 rings (SSSR count). The Balaban J connectivity index is 1.54. The van der Waals surface area contributed by atoms with Gasteiger partial charge in [-0.2, -0.15) is 5.10 Å². The Morgan fingerprint density at radius 3 is 2.64 bits per heavy atom. The molecule has 28 heavy (non-hydrogen) atoms. The molecule has 1 unspecified atom stereocenters. The van der Waals surface area contributed by atoms with Gasteiger partial charge in [0.1, 0.15) is 5.60 Å². The zero-order valence-corrected chi connectivity index (χ0v) is 16.7. The molecule has 2 aromatic rings. The van der Waals surface area contributed by atoms with E-state index in [9.17, 15) is 9.59 Å². The molecule has 1 atom stereocenters. The highest BCUT2D eigenvalue weighted by molar-refractivity contribution is 5.94. The summed E-state index contributed by atoms with van der Waals surface area (Å²) in [6, 6.07) is 9.32. The minimum atomic E-state index is -0.523. The maximum atomic E-state index is 12.6. The number of piperidine rings is 1. The largest absolute Gasteiger partial charge is 0.444 e. The Bertz CT molecular complexity index is 794. The molecule has 0 aliphatic carbocycles. The molecule has 150 valence electrons. The van der Waals surface area contributed by atoms with Crippen LogP contribution in [0.2, 0.25) is 0 Å². The first-order chi connectivity index (χ1) is 13.3. The monoisotopic (exact) mass is 384 g/mol. The number of aromatic nitrogens is 2. The second kappa shape index (κ2) is 8.46. The molecule has 2 amide bonds. The fourth-order valence-corrected chi connectivity index (χ4v) is 3.20. The molecule has 0 saturated carbocycles. The van der Waals surface area contributed by atoms with Gasteiger partial charge in [-0.05, 0) is 57.4 Å². The number of nitrogens with zero attached hydrogens (tertiary/aromatic N) is 3. The zero-order valence-electron chi connectivity index (χ0n) is 16.7. The number of nitrogens with one attached hydrogen (secondary N) is 1. The summed E-state index contributed by atoms with van der Waals surface area (Å²) in [5.41, 5.74) is 1.16. The standard InChI is InChI=1S/C21H28N4O3/c1-21(2,3)28-20(27)24-12-4-6-18(15-24)23-19(26)17-9-7-16(8-10-17)14-25-13-5-11-22-25/h5,7-11,13,18H,4,6,12,14-15H2,1-3H3,(H,23,26). The number of hydrogen-bond donors (Lipinski definition) is 1. The number of amides is 2. The van der Waals surface area contributed by atoms with Crippen molar-refractivity contribution >= 4 is 12.0 Å². The van der Waals surface area contributed by atoms with Crippen LogP contribution in [0.3, 0.4) is 0 Å². The van der Waals surface area contributed by atoms with Crippen molar-refractivity contribution < 1.29 is 14.3 Å². The molecule has 7 nitrogen and oxygen atoms in total. The third kappa shape index (κ3) is 5.58. The van der Waals surface area contributed by atoms with Crippen LogP contribution >= 0.6 is 0 Å². The Morgan fingerprint density at radius 1 is 1.25 bits per heavy atom. The van der Waals surface area contributed by atoms with E-state index in [4.69, 9.17) is 4.74 Å². The zero-order chi connectivity index (χ0) is 20.1. The van der Waals surface area contributed by atoms with Gasteiger partial charge in [0.15, 0.2) is 0 Å². The highest BCUT2D eigenvalue weighted by atomic mass is 16.6. The van der Waals surface area contributed by atoms with E-state index in [0.29, 0.717) is 25.2 Å². The van der Waals surface area contributed by atoms with Gasteiger partial charge in [0, 0.05) is 37.1 Å². The Morgan fingerprint density at radius 2 is 2.00 bits per heavy atom. The van der Waals surface area contributed by atoms with E-state index in [1.165, 1.54) is 0 Å². The van der Waals surface area contributed by atoms with Crippen LogP contribution in [-0.4, -0.2) is 51.4 Å². The number of carbonyl (C=O) groups is 2. The van der Waals surface area contributed by atoms with Gasteiger partial charge in [-0.25, -0.2) is 4.79 Å². The van der Waals surface area contributed by atoms with Gasteiger partial charge >= 0.3 is 6.09 Å². The lowest BCUT2D eigenvalue weighted by atomic mass is 10.0. The van der Waals surface area contributed by atoms with Crippen LogP contribution in [0.1, 0.15) is 49.5 Å². The van der Waals surface area contributed by atoms with Gasteiger partial charge in [0.05, 0.1) is 6.54 Å². The molecule has 0 spiro atoms. The van der Waals surface area contributed by atoms with Gasteiger partial charge in [-0.3, -0.25) is 9.48 Å². The SMILES string of the molecule is CC(C)(C)OC(=O)N1CCCC(NC(=O)c2ccc(Cn3cccn3)cc2)C1. The highest BCUT2D eigenvalue weighted by Crippen LogP contribution is 2.16. The fraction of sp³-hybridized carbons (Fsp3) is 0.476. The third-order valence-corrected chi connectivity index (χ3v) is 4.53. The summed E-state index contributed by atoms with van der Waals surface area (Å²) >= 11 is 0. The maximum absolute atomic E-state index is 12.6. The summed E-state index contributed by atoms with van der Waals surface area (Å²) in [5, 5.41) is 7.23. The van der Waals surface area contributed by atoms with Gasteiger partial charge < -0.3 is 15.0 Å². The minimum absolute atomic E-state index is 0.0717. The fourth-order valence-electron chi connectivity index (χ4n) is 3.20. The van der Waals surface area contributed by atoms with Crippen LogP contribution < -0.4 is 5.32 Å². The molecule has 1 aromatic heterocycles. The molecule has 1 aliphatic rings. The number of ether oxygens (including phenoxy) is 1. The van der Waals surface area contributed by atoms with Crippen molar-refractivity contribution in [3.8, 4) is 0 Å². The molecule has 0 bridgehead atoms. The Labute approximate surface area is 165 Å². The third-order valence-electron chi connectivity index (χ3n) is 4.53. The smallest absolute Gasteiger partial charge is 0.410 e. The van der Waals surface area contributed by atoms with E-state index in [-0.39, 0.29) is 18.0 Å². The van der Waals surface area contributed by atoms with Crippen LogP contribution in [0.5, 0.6) is 0 Å². The summed E-state index contributed by atoms with van der Waals surface area (Å²) in [6.45, 7) is 7.35. The number of rotatable bonds is 4. The van der Waals surface area contributed by atoms with Crippen molar-refractivity contribution in [1.82, 2.24) is 20.0 Å². The second-order valence-corrected chi connectivity index (χ2v) is 8.14. The van der Waals surface area contributed by atoms with Crippen LogP contribution in [-0.2, 0) is 11.3 Å². The van der Waals surface area contributed by atoms with Crippen LogP contribution in [0.15, 0.2) is 42.7 Å². The van der Waals surface area contributed by atoms with Crippen LogP contribution in [0.4, 0.5) is 4.79 Å². The normalized spacial score (nSPS) is 17.2. The Kier molecular flexibility index (Phi) is 6.02. The molecule has 0 radical (unpaired) electrons. The lowest BCUT2D eigenvalue weighted by Crippen LogP contribution is -2.50. The average molecular weight is 384 g/mol. The second-order valence-electron chi connectivity index (χ2n) is 8.14. The molecule has 1 fully saturated rings. The lowest BCUT2D eigenvalue weighted by Gasteiger charge is -2.34. The minimum Gasteiger partial charge on any atom is -0.444 e. The van der Waals surface area contributed by atoms with Crippen molar-refractivity contribution in [3.63, 3.8) is 0 Å². The number of carbonyl (C=O) groups excluding carboxylic acids is 2. The van der Waals surface area contributed by atoms with E-state index in [2.05, 4.69) is 10.4 Å². The molecule has 1 aliphatic heterocycles. The molecule has 2 heterocycles. The van der Waals surface area contributed by atoms with Gasteiger partial charge in [-0.1, -0.05) is 12.1 Å². The van der Waals surface area contributed by atoms with Crippen molar-refractivity contribution in [2.75, 3.05) is 13.1 Å². The van der Waals surface area contributed by atoms with E-state index in [1.54, 1.807) is 11.1 Å². The van der Waals surface area contributed by atoms with Gasteiger partial charge in [0.2, 0.25) is 0 Å². The first kappa shape index (κ1) is 19.9. The van der Waals surface area contributed by atoms with Crippen LogP contribution in [0.25, 0.3) is 0 Å². The van der Waals surface area contributed by atoms with Crippen molar-refractivity contribution in [3.05, 3.63) is 53.9 Å². The van der Waals surface area contributed by atoms with E-state index in [0.717, 1.165) is 18.4 Å². The quantitative estimate of drug-likeness (QED) is 0.879. The van der Waals surface area contributed by atoms with E-state index >= 15 is 0 Å². The number of hydrogen-bond acceptors (Lipinski definition) is 4. The highest BCUT2D eigenvalue weighted by Gasteiger charge is 2.28. The molecule has 1 aromatic carbocycles. The Hall–Kier alpha value is -2.83. The predicted molar refractivity (Wildman–Crippen MR) is 106 cm³/mol. The maximum Gasteiger partial charge on any atom is 0.410 e. The van der Waals surface area contributed by atoms with Crippen LogP contribution in [0, 0.1) is 0 Å². The lowest BCUT2D eigenvalue weighted by molar-refractivity contribution is 0.0185. The summed E-state index contributed by atoms with van der Waals surface area (Å²) < 4.78 is 7.27. The van der Waals surface area contributed by atoms with Gasteiger partial charge in [-0.15, -0.1) is 0 Å². The molecular formula is C21H28N4O3. The first-order valence-corrected chi connectivity index (χ1v) is 9.65. The summed E-state index contributed by atoms with van der Waals surface area (Å²) in [5.74, 6) is -0.123. The summed E-state index contributed by atoms with van der Waals surface area (Å²) in [6.07, 6.45) is 5.01. The molecule has 1 N–H and O–H groups in total. The van der Waals surface area contributed by atoms with Gasteiger partial charge in [0.25, 0.3) is 5.91 Å². The van der Waals surface area contributed by atoms with E-state index < -0.39 is 5.60 Å². The summed E-state index contributed by atoms with van der Waals surface area (Å²) in [7, 11) is 0. The molecule has 7 heteroatoms. The predicted octanol–water partition coefficient (Wildman–Crippen LogP) is 3.06. The van der Waals surface area contributed by atoms with Crippen molar-refractivity contribution in [2.45, 2.75) is 51.8 Å². The molecular weight excluding hydrogens is 356 g/mol. The first-order valence-electron chi connectivity index (χ1n) is 9.65. The number of benzene rings is 1. The van der Waals surface area contributed by atoms with E-state index in [1.807, 2.05) is 62.0 Å².